The van der Waals surface area contributed by atoms with Gasteiger partial charge in [-0.3, -0.25) is 4.68 Å². The smallest absolute Gasteiger partial charge is 0.0933 e. The molecule has 5 heteroatoms. The summed E-state index contributed by atoms with van der Waals surface area (Å²) >= 11 is 0. The van der Waals surface area contributed by atoms with Gasteiger partial charge in [-0.2, -0.15) is 5.10 Å². The Kier molecular flexibility index (Phi) is 4.53. The molecule has 0 radical (unpaired) electrons. The first-order valence-corrected chi connectivity index (χ1v) is 6.23. The molecule has 2 heterocycles. The van der Waals surface area contributed by atoms with Crippen molar-refractivity contribution in [3.05, 3.63) is 17.5 Å². The standard InChI is InChI=1S/C12H21N3O2/c1-3-15-11(6-10(2)14-15)8-16-9-12-7-13-4-5-17-12/h6,12-13H,3-5,7-9H2,1-2H3. The summed E-state index contributed by atoms with van der Waals surface area (Å²) in [5, 5.41) is 7.68. The minimum absolute atomic E-state index is 0.183. The van der Waals surface area contributed by atoms with Crippen molar-refractivity contribution < 1.29 is 9.47 Å². The van der Waals surface area contributed by atoms with Crippen LogP contribution >= 0.6 is 0 Å². The summed E-state index contributed by atoms with van der Waals surface area (Å²) in [5.41, 5.74) is 2.18. The normalized spacial score (nSPS) is 20.7. The van der Waals surface area contributed by atoms with Crippen LogP contribution in [0.15, 0.2) is 6.07 Å². The van der Waals surface area contributed by atoms with E-state index in [2.05, 4.69) is 23.4 Å². The average molecular weight is 239 g/mol. The van der Waals surface area contributed by atoms with Crippen LogP contribution in [0.2, 0.25) is 0 Å². The highest BCUT2D eigenvalue weighted by atomic mass is 16.5. The van der Waals surface area contributed by atoms with Gasteiger partial charge >= 0.3 is 0 Å². The Morgan fingerprint density at radius 3 is 3.24 bits per heavy atom. The quantitative estimate of drug-likeness (QED) is 0.822. The van der Waals surface area contributed by atoms with Crippen molar-refractivity contribution in [2.24, 2.45) is 0 Å². The maximum atomic E-state index is 5.69. The maximum absolute atomic E-state index is 5.69. The highest BCUT2D eigenvalue weighted by Gasteiger charge is 2.13. The summed E-state index contributed by atoms with van der Waals surface area (Å²) in [5.74, 6) is 0. The molecule has 1 fully saturated rings. The Bertz CT molecular complexity index is 346. The van der Waals surface area contributed by atoms with Gasteiger partial charge in [-0.1, -0.05) is 0 Å². The molecule has 96 valence electrons. The van der Waals surface area contributed by atoms with E-state index in [4.69, 9.17) is 9.47 Å². The van der Waals surface area contributed by atoms with E-state index in [-0.39, 0.29) is 6.10 Å². The first-order chi connectivity index (χ1) is 8.29. The highest BCUT2D eigenvalue weighted by molar-refractivity contribution is 5.07. The molecular formula is C12H21N3O2. The van der Waals surface area contributed by atoms with Gasteiger partial charge in [-0.05, 0) is 19.9 Å². The molecule has 0 saturated carbocycles. The van der Waals surface area contributed by atoms with E-state index in [1.54, 1.807) is 0 Å². The van der Waals surface area contributed by atoms with Crippen molar-refractivity contribution in [1.82, 2.24) is 15.1 Å². The molecule has 0 aromatic carbocycles. The number of hydrogen-bond donors (Lipinski definition) is 1. The zero-order valence-corrected chi connectivity index (χ0v) is 10.6. The predicted octanol–water partition coefficient (Wildman–Crippen LogP) is 0.716. The first kappa shape index (κ1) is 12.5. The van der Waals surface area contributed by atoms with Gasteiger partial charge in [-0.25, -0.2) is 0 Å². The molecule has 1 atom stereocenters. The molecule has 1 aromatic heterocycles. The van der Waals surface area contributed by atoms with Crippen LogP contribution in [0, 0.1) is 6.92 Å². The molecule has 1 aliphatic heterocycles. The van der Waals surface area contributed by atoms with Crippen molar-refractivity contribution in [2.75, 3.05) is 26.3 Å². The van der Waals surface area contributed by atoms with E-state index < -0.39 is 0 Å². The van der Waals surface area contributed by atoms with Gasteiger partial charge in [0.1, 0.15) is 0 Å². The summed E-state index contributed by atoms with van der Waals surface area (Å²) < 4.78 is 13.2. The van der Waals surface area contributed by atoms with Crippen molar-refractivity contribution in [2.45, 2.75) is 33.1 Å². The van der Waals surface area contributed by atoms with E-state index in [0.717, 1.165) is 37.6 Å². The Hall–Kier alpha value is -0.910. The van der Waals surface area contributed by atoms with Crippen molar-refractivity contribution in [1.29, 1.82) is 0 Å². The summed E-state index contributed by atoms with van der Waals surface area (Å²) in [4.78, 5) is 0. The fourth-order valence-corrected chi connectivity index (χ4v) is 2.01. The van der Waals surface area contributed by atoms with Crippen LogP contribution in [0.3, 0.4) is 0 Å². The molecule has 0 aliphatic carbocycles. The number of aryl methyl sites for hydroxylation is 2. The van der Waals surface area contributed by atoms with Crippen LogP contribution in [0.4, 0.5) is 0 Å². The van der Waals surface area contributed by atoms with E-state index in [9.17, 15) is 0 Å². The Balaban J connectivity index is 1.76. The van der Waals surface area contributed by atoms with Gasteiger partial charge < -0.3 is 14.8 Å². The van der Waals surface area contributed by atoms with Gasteiger partial charge in [0.25, 0.3) is 0 Å². The average Bonchev–Trinajstić information content (AvgIpc) is 2.71. The topological polar surface area (TPSA) is 48.3 Å². The van der Waals surface area contributed by atoms with E-state index in [1.165, 1.54) is 0 Å². The van der Waals surface area contributed by atoms with Crippen LogP contribution in [0.1, 0.15) is 18.3 Å². The molecular weight excluding hydrogens is 218 g/mol. The largest absolute Gasteiger partial charge is 0.373 e. The number of ether oxygens (including phenoxy) is 2. The zero-order valence-electron chi connectivity index (χ0n) is 10.6. The third-order valence-electron chi connectivity index (χ3n) is 2.84. The lowest BCUT2D eigenvalue weighted by molar-refractivity contribution is -0.0368. The Morgan fingerprint density at radius 1 is 1.65 bits per heavy atom. The van der Waals surface area contributed by atoms with Gasteiger partial charge in [-0.15, -0.1) is 0 Å². The second-order valence-corrected chi connectivity index (χ2v) is 4.30. The van der Waals surface area contributed by atoms with Crippen molar-refractivity contribution in [3.8, 4) is 0 Å². The van der Waals surface area contributed by atoms with E-state index >= 15 is 0 Å². The van der Waals surface area contributed by atoms with Crippen LogP contribution in [0.5, 0.6) is 0 Å². The number of hydrogen-bond acceptors (Lipinski definition) is 4. The highest BCUT2D eigenvalue weighted by Crippen LogP contribution is 2.06. The third-order valence-corrected chi connectivity index (χ3v) is 2.84. The molecule has 0 amide bonds. The van der Waals surface area contributed by atoms with Crippen LogP contribution in [-0.2, 0) is 22.6 Å². The molecule has 17 heavy (non-hydrogen) atoms. The zero-order chi connectivity index (χ0) is 12.1. The van der Waals surface area contributed by atoms with Gasteiger partial charge in [0.15, 0.2) is 0 Å². The lowest BCUT2D eigenvalue weighted by atomic mass is 10.3. The fourth-order valence-electron chi connectivity index (χ4n) is 2.01. The van der Waals surface area contributed by atoms with Crippen molar-refractivity contribution in [3.63, 3.8) is 0 Å². The molecule has 1 unspecified atom stereocenters. The van der Waals surface area contributed by atoms with Gasteiger partial charge in [0, 0.05) is 19.6 Å². The number of rotatable bonds is 5. The number of morpholine rings is 1. The van der Waals surface area contributed by atoms with E-state index in [0.29, 0.717) is 13.2 Å². The summed E-state index contributed by atoms with van der Waals surface area (Å²) in [6.07, 6.45) is 0.183. The molecule has 1 aliphatic rings. The Labute approximate surface area is 102 Å². The van der Waals surface area contributed by atoms with Crippen LogP contribution in [-0.4, -0.2) is 42.2 Å². The summed E-state index contributed by atoms with van der Waals surface area (Å²) in [6, 6.07) is 2.07. The van der Waals surface area contributed by atoms with Crippen molar-refractivity contribution >= 4 is 0 Å². The number of nitrogens with zero attached hydrogens (tertiary/aromatic N) is 2. The first-order valence-electron chi connectivity index (χ1n) is 6.23. The molecule has 1 saturated heterocycles. The minimum Gasteiger partial charge on any atom is -0.373 e. The summed E-state index contributed by atoms with van der Waals surface area (Å²) in [7, 11) is 0. The predicted molar refractivity (Wildman–Crippen MR) is 64.9 cm³/mol. The van der Waals surface area contributed by atoms with Gasteiger partial charge in [0.05, 0.1) is 37.3 Å². The van der Waals surface area contributed by atoms with Gasteiger partial charge in [0.2, 0.25) is 0 Å². The lowest BCUT2D eigenvalue weighted by Crippen LogP contribution is -2.41. The van der Waals surface area contributed by atoms with Crippen LogP contribution in [0.25, 0.3) is 0 Å². The maximum Gasteiger partial charge on any atom is 0.0933 e. The minimum atomic E-state index is 0.183. The molecule has 1 N–H and O–H groups in total. The molecule has 5 nitrogen and oxygen atoms in total. The summed E-state index contributed by atoms with van der Waals surface area (Å²) in [6.45, 7) is 8.82. The van der Waals surface area contributed by atoms with E-state index in [1.807, 2.05) is 11.6 Å². The second-order valence-electron chi connectivity index (χ2n) is 4.30. The van der Waals surface area contributed by atoms with Crippen LogP contribution < -0.4 is 5.32 Å². The second kappa shape index (κ2) is 6.14. The SMILES string of the molecule is CCn1nc(C)cc1COCC1CNCCO1. The third kappa shape index (κ3) is 3.52. The lowest BCUT2D eigenvalue weighted by Gasteiger charge is -2.23. The monoisotopic (exact) mass is 239 g/mol. The molecule has 2 rings (SSSR count). The molecule has 0 bridgehead atoms. The molecule has 0 spiro atoms. The molecule has 1 aromatic rings. The number of aromatic nitrogens is 2. The number of nitrogens with one attached hydrogen (secondary N) is 1. The fraction of sp³-hybridized carbons (Fsp3) is 0.750. The Morgan fingerprint density at radius 2 is 2.53 bits per heavy atom.